The average Bonchev–Trinajstić information content (AvgIpc) is 2.88. The van der Waals surface area contributed by atoms with Crippen molar-refractivity contribution in [3.8, 4) is 0 Å². The van der Waals surface area contributed by atoms with Gasteiger partial charge in [0.25, 0.3) is 0 Å². The molecule has 1 heterocycles. The van der Waals surface area contributed by atoms with Crippen molar-refractivity contribution in [1.29, 1.82) is 0 Å². The van der Waals surface area contributed by atoms with E-state index in [0.717, 1.165) is 31.1 Å². The first-order valence-corrected chi connectivity index (χ1v) is 5.92. The standard InChI is InChI=1S/C13H18N2/c1-2-4-10(5-3-1)8-14-9-12-6-11-7-13(11)15-12/h1-5,11-15H,6-9H2. The normalized spacial score (nSPS) is 32.7. The first-order chi connectivity index (χ1) is 7.42. The Bertz CT molecular complexity index is 313. The summed E-state index contributed by atoms with van der Waals surface area (Å²) in [6, 6.07) is 12.2. The van der Waals surface area contributed by atoms with E-state index < -0.39 is 0 Å². The van der Waals surface area contributed by atoms with Crippen molar-refractivity contribution in [1.82, 2.24) is 10.6 Å². The molecule has 1 saturated carbocycles. The molecule has 15 heavy (non-hydrogen) atoms. The molecule has 2 nitrogen and oxygen atoms in total. The van der Waals surface area contributed by atoms with Crippen LogP contribution in [0.1, 0.15) is 18.4 Å². The first-order valence-electron chi connectivity index (χ1n) is 5.92. The second-order valence-corrected chi connectivity index (χ2v) is 4.82. The predicted octanol–water partition coefficient (Wildman–Crippen LogP) is 1.53. The Morgan fingerprint density at radius 1 is 1.20 bits per heavy atom. The summed E-state index contributed by atoms with van der Waals surface area (Å²) >= 11 is 0. The lowest BCUT2D eigenvalue weighted by Crippen LogP contribution is -2.35. The van der Waals surface area contributed by atoms with Crippen LogP contribution in [0.4, 0.5) is 0 Å². The zero-order valence-corrected chi connectivity index (χ0v) is 8.95. The van der Waals surface area contributed by atoms with Crippen LogP contribution in [-0.4, -0.2) is 18.6 Å². The molecule has 1 saturated heterocycles. The van der Waals surface area contributed by atoms with Crippen LogP contribution in [-0.2, 0) is 6.54 Å². The molecule has 0 bridgehead atoms. The maximum atomic E-state index is 3.65. The monoisotopic (exact) mass is 202 g/mol. The van der Waals surface area contributed by atoms with Gasteiger partial charge in [0.05, 0.1) is 0 Å². The van der Waals surface area contributed by atoms with Crippen molar-refractivity contribution >= 4 is 0 Å². The number of benzene rings is 1. The summed E-state index contributed by atoms with van der Waals surface area (Å²) in [6.07, 6.45) is 2.81. The Morgan fingerprint density at radius 3 is 2.80 bits per heavy atom. The Balaban J connectivity index is 1.40. The number of hydrogen-bond donors (Lipinski definition) is 2. The van der Waals surface area contributed by atoms with E-state index in [1.807, 2.05) is 0 Å². The van der Waals surface area contributed by atoms with Crippen LogP contribution >= 0.6 is 0 Å². The third-order valence-electron chi connectivity index (χ3n) is 3.52. The van der Waals surface area contributed by atoms with E-state index in [1.54, 1.807) is 0 Å². The fourth-order valence-corrected chi connectivity index (χ4v) is 2.58. The molecule has 2 heteroatoms. The van der Waals surface area contributed by atoms with Crippen LogP contribution in [0, 0.1) is 5.92 Å². The molecule has 80 valence electrons. The van der Waals surface area contributed by atoms with Gasteiger partial charge < -0.3 is 10.6 Å². The first kappa shape index (κ1) is 9.37. The fourth-order valence-electron chi connectivity index (χ4n) is 2.58. The van der Waals surface area contributed by atoms with Crippen LogP contribution in [0.25, 0.3) is 0 Å². The van der Waals surface area contributed by atoms with Crippen LogP contribution in [0.5, 0.6) is 0 Å². The maximum Gasteiger partial charge on any atom is 0.0206 e. The quantitative estimate of drug-likeness (QED) is 0.773. The van der Waals surface area contributed by atoms with E-state index in [1.165, 1.54) is 18.4 Å². The molecular weight excluding hydrogens is 184 g/mol. The van der Waals surface area contributed by atoms with E-state index in [9.17, 15) is 0 Å². The third-order valence-corrected chi connectivity index (χ3v) is 3.52. The molecule has 2 aliphatic rings. The molecule has 1 aliphatic carbocycles. The van der Waals surface area contributed by atoms with Crippen molar-refractivity contribution in [2.75, 3.05) is 6.54 Å². The van der Waals surface area contributed by atoms with Crippen LogP contribution in [0.2, 0.25) is 0 Å². The summed E-state index contributed by atoms with van der Waals surface area (Å²) in [5.41, 5.74) is 1.38. The Hall–Kier alpha value is -0.860. The summed E-state index contributed by atoms with van der Waals surface area (Å²) in [6.45, 7) is 2.11. The van der Waals surface area contributed by atoms with Gasteiger partial charge in [-0.3, -0.25) is 0 Å². The van der Waals surface area contributed by atoms with Gasteiger partial charge in [-0.05, 0) is 24.3 Å². The van der Waals surface area contributed by atoms with E-state index in [-0.39, 0.29) is 0 Å². The average molecular weight is 202 g/mol. The molecule has 3 rings (SSSR count). The lowest BCUT2D eigenvalue weighted by atomic mass is 10.1. The van der Waals surface area contributed by atoms with Gasteiger partial charge in [-0.2, -0.15) is 0 Å². The third kappa shape index (κ3) is 2.21. The Morgan fingerprint density at radius 2 is 2.07 bits per heavy atom. The highest BCUT2D eigenvalue weighted by Crippen LogP contribution is 2.40. The second-order valence-electron chi connectivity index (χ2n) is 4.82. The van der Waals surface area contributed by atoms with Crippen molar-refractivity contribution in [2.45, 2.75) is 31.5 Å². The van der Waals surface area contributed by atoms with Crippen LogP contribution < -0.4 is 10.6 Å². The zero-order valence-electron chi connectivity index (χ0n) is 8.95. The van der Waals surface area contributed by atoms with Crippen molar-refractivity contribution in [3.63, 3.8) is 0 Å². The van der Waals surface area contributed by atoms with E-state index in [0.29, 0.717) is 0 Å². The summed E-state index contributed by atoms with van der Waals surface area (Å²) in [4.78, 5) is 0. The summed E-state index contributed by atoms with van der Waals surface area (Å²) in [7, 11) is 0. The topological polar surface area (TPSA) is 24.1 Å². The maximum absolute atomic E-state index is 3.65. The van der Waals surface area contributed by atoms with E-state index >= 15 is 0 Å². The fraction of sp³-hybridized carbons (Fsp3) is 0.538. The minimum absolute atomic E-state index is 0.720. The van der Waals surface area contributed by atoms with Crippen molar-refractivity contribution in [2.24, 2.45) is 5.92 Å². The smallest absolute Gasteiger partial charge is 0.0206 e. The highest BCUT2D eigenvalue weighted by molar-refractivity contribution is 5.14. The number of piperidine rings is 1. The molecular formula is C13H18N2. The lowest BCUT2D eigenvalue weighted by Gasteiger charge is -2.13. The zero-order chi connectivity index (χ0) is 10.1. The minimum atomic E-state index is 0.720. The number of hydrogen-bond acceptors (Lipinski definition) is 2. The molecule has 2 fully saturated rings. The van der Waals surface area contributed by atoms with Gasteiger partial charge in [-0.1, -0.05) is 30.3 Å². The largest absolute Gasteiger partial charge is 0.311 e. The van der Waals surface area contributed by atoms with Gasteiger partial charge in [0.2, 0.25) is 0 Å². The predicted molar refractivity (Wildman–Crippen MR) is 61.6 cm³/mol. The molecule has 2 N–H and O–H groups in total. The minimum Gasteiger partial charge on any atom is -0.311 e. The SMILES string of the molecule is c1ccc(CNCC2CC3CC3N2)cc1. The number of fused-ring (bicyclic) bond motifs is 1. The number of rotatable bonds is 4. The molecule has 0 amide bonds. The molecule has 1 aromatic carbocycles. The van der Waals surface area contributed by atoms with Gasteiger partial charge in [-0.15, -0.1) is 0 Å². The highest BCUT2D eigenvalue weighted by atomic mass is 15.1. The van der Waals surface area contributed by atoms with Gasteiger partial charge in [0, 0.05) is 25.2 Å². The molecule has 1 aromatic rings. The van der Waals surface area contributed by atoms with Gasteiger partial charge in [0.1, 0.15) is 0 Å². The van der Waals surface area contributed by atoms with Crippen molar-refractivity contribution in [3.05, 3.63) is 35.9 Å². The van der Waals surface area contributed by atoms with Gasteiger partial charge in [-0.25, -0.2) is 0 Å². The summed E-state index contributed by atoms with van der Waals surface area (Å²) in [5, 5.41) is 7.17. The molecule has 3 unspecified atom stereocenters. The van der Waals surface area contributed by atoms with Gasteiger partial charge >= 0.3 is 0 Å². The van der Waals surface area contributed by atoms with Crippen LogP contribution in [0.15, 0.2) is 30.3 Å². The molecule has 0 aromatic heterocycles. The summed E-state index contributed by atoms with van der Waals surface area (Å²) in [5.74, 6) is 1.01. The Labute approximate surface area is 91.1 Å². The van der Waals surface area contributed by atoms with Crippen LogP contribution in [0.3, 0.4) is 0 Å². The van der Waals surface area contributed by atoms with E-state index in [2.05, 4.69) is 41.0 Å². The molecule has 3 atom stereocenters. The highest BCUT2D eigenvalue weighted by Gasteiger charge is 2.45. The molecule has 0 radical (unpaired) electrons. The molecule has 0 spiro atoms. The molecule has 1 aliphatic heterocycles. The second kappa shape index (κ2) is 3.95. The van der Waals surface area contributed by atoms with Crippen molar-refractivity contribution < 1.29 is 0 Å². The van der Waals surface area contributed by atoms with E-state index in [4.69, 9.17) is 0 Å². The lowest BCUT2D eigenvalue weighted by molar-refractivity contribution is 0.493. The summed E-state index contributed by atoms with van der Waals surface area (Å²) < 4.78 is 0. The number of nitrogens with one attached hydrogen (secondary N) is 2. The Kier molecular flexibility index (Phi) is 2.47. The van der Waals surface area contributed by atoms with Gasteiger partial charge in [0.15, 0.2) is 0 Å².